The monoisotopic (exact) mass is 196 g/mol. The first-order chi connectivity index (χ1) is 6.68. The summed E-state index contributed by atoms with van der Waals surface area (Å²) in [7, 11) is 0. The minimum absolute atomic E-state index is 0.162. The van der Waals surface area contributed by atoms with Gasteiger partial charge in [-0.3, -0.25) is 4.79 Å². The summed E-state index contributed by atoms with van der Waals surface area (Å²) < 4.78 is 17.7. The molecule has 14 heavy (non-hydrogen) atoms. The van der Waals surface area contributed by atoms with Crippen molar-refractivity contribution in [1.29, 1.82) is 0 Å². The summed E-state index contributed by atoms with van der Waals surface area (Å²) in [6.07, 6.45) is -0.838. The largest absolute Gasteiger partial charge is 0.463 e. The molecule has 0 spiro atoms. The lowest BCUT2D eigenvalue weighted by atomic mass is 10.1. The third-order valence-corrected chi connectivity index (χ3v) is 1.77. The standard InChI is InChI=1S/C11H13FO2/c1-9(13)14-8-11(12)7-10-5-3-2-4-6-10/h2-6,11H,7-8H2,1H3/t11-/m1/s1. The van der Waals surface area contributed by atoms with Crippen molar-refractivity contribution in [2.24, 2.45) is 0 Å². The van der Waals surface area contributed by atoms with E-state index in [9.17, 15) is 9.18 Å². The SMILES string of the molecule is CC(=O)OC[C@H](F)Cc1ccccc1. The molecule has 0 N–H and O–H groups in total. The lowest BCUT2D eigenvalue weighted by Crippen LogP contribution is -2.15. The third kappa shape index (κ3) is 4.03. The Labute approximate surface area is 82.7 Å². The second-order valence-electron chi connectivity index (χ2n) is 3.09. The lowest BCUT2D eigenvalue weighted by Gasteiger charge is -2.07. The highest BCUT2D eigenvalue weighted by molar-refractivity contribution is 5.65. The molecule has 1 aromatic carbocycles. The first-order valence-corrected chi connectivity index (χ1v) is 4.50. The number of carbonyl (C=O) groups excluding carboxylic acids is 1. The number of esters is 1. The fourth-order valence-corrected chi connectivity index (χ4v) is 1.14. The summed E-state index contributed by atoms with van der Waals surface area (Å²) >= 11 is 0. The molecule has 0 saturated carbocycles. The number of ether oxygens (including phenoxy) is 1. The van der Waals surface area contributed by atoms with Gasteiger partial charge in [-0.15, -0.1) is 0 Å². The van der Waals surface area contributed by atoms with E-state index in [-0.39, 0.29) is 13.0 Å². The fourth-order valence-electron chi connectivity index (χ4n) is 1.14. The molecular weight excluding hydrogens is 183 g/mol. The van der Waals surface area contributed by atoms with Crippen LogP contribution in [0.3, 0.4) is 0 Å². The summed E-state index contributed by atoms with van der Waals surface area (Å²) in [5.74, 6) is -0.444. The Morgan fingerprint density at radius 3 is 2.64 bits per heavy atom. The fraction of sp³-hybridized carbons (Fsp3) is 0.364. The Bertz CT molecular complexity index is 285. The maximum absolute atomic E-state index is 13.2. The number of hydrogen-bond donors (Lipinski definition) is 0. The van der Waals surface area contributed by atoms with E-state index in [1.807, 2.05) is 30.3 Å². The molecule has 0 aliphatic rings. The predicted octanol–water partition coefficient (Wildman–Crippen LogP) is 2.13. The van der Waals surface area contributed by atoms with Gasteiger partial charge in [0.1, 0.15) is 12.8 Å². The van der Waals surface area contributed by atoms with E-state index in [4.69, 9.17) is 0 Å². The van der Waals surface area contributed by atoms with Crippen LogP contribution in [0.4, 0.5) is 4.39 Å². The van der Waals surface area contributed by atoms with Crippen molar-refractivity contribution in [3.05, 3.63) is 35.9 Å². The minimum Gasteiger partial charge on any atom is -0.463 e. The zero-order valence-corrected chi connectivity index (χ0v) is 8.07. The maximum atomic E-state index is 13.2. The molecule has 0 aliphatic heterocycles. The van der Waals surface area contributed by atoms with E-state index in [1.54, 1.807) is 0 Å². The number of alkyl halides is 1. The number of benzene rings is 1. The predicted molar refractivity (Wildman–Crippen MR) is 51.7 cm³/mol. The molecule has 0 aromatic heterocycles. The molecule has 0 heterocycles. The lowest BCUT2D eigenvalue weighted by molar-refractivity contribution is -0.142. The topological polar surface area (TPSA) is 26.3 Å². The van der Waals surface area contributed by atoms with Crippen LogP contribution in [0.2, 0.25) is 0 Å². The van der Waals surface area contributed by atoms with Crippen LogP contribution >= 0.6 is 0 Å². The van der Waals surface area contributed by atoms with Gasteiger partial charge in [0, 0.05) is 13.3 Å². The first-order valence-electron chi connectivity index (χ1n) is 4.50. The van der Waals surface area contributed by atoms with Gasteiger partial charge < -0.3 is 4.74 Å². The van der Waals surface area contributed by atoms with Crippen LogP contribution in [0.5, 0.6) is 0 Å². The van der Waals surface area contributed by atoms with Crippen LogP contribution in [-0.2, 0) is 16.0 Å². The second kappa shape index (κ2) is 5.37. The molecule has 76 valence electrons. The molecule has 1 atom stereocenters. The van der Waals surface area contributed by atoms with Crippen molar-refractivity contribution in [3.63, 3.8) is 0 Å². The average molecular weight is 196 g/mol. The molecule has 0 radical (unpaired) electrons. The van der Waals surface area contributed by atoms with Crippen molar-refractivity contribution in [2.75, 3.05) is 6.61 Å². The van der Waals surface area contributed by atoms with Crippen molar-refractivity contribution < 1.29 is 13.9 Å². The molecule has 0 aliphatic carbocycles. The Hall–Kier alpha value is -1.38. The van der Waals surface area contributed by atoms with Crippen LogP contribution in [0, 0.1) is 0 Å². The van der Waals surface area contributed by atoms with Gasteiger partial charge in [0.15, 0.2) is 0 Å². The van der Waals surface area contributed by atoms with Crippen LogP contribution in [0.25, 0.3) is 0 Å². The summed E-state index contributed by atoms with van der Waals surface area (Å²) in [5.41, 5.74) is 0.909. The summed E-state index contributed by atoms with van der Waals surface area (Å²) in [6.45, 7) is 1.11. The number of carbonyl (C=O) groups is 1. The van der Waals surface area contributed by atoms with E-state index >= 15 is 0 Å². The molecule has 0 fully saturated rings. The van der Waals surface area contributed by atoms with Crippen LogP contribution in [-0.4, -0.2) is 18.7 Å². The smallest absolute Gasteiger partial charge is 0.302 e. The Morgan fingerprint density at radius 2 is 2.07 bits per heavy atom. The molecule has 0 bridgehead atoms. The first kappa shape index (κ1) is 10.7. The highest BCUT2D eigenvalue weighted by Gasteiger charge is 2.08. The molecule has 0 unspecified atom stereocenters. The normalized spacial score (nSPS) is 12.1. The van der Waals surface area contributed by atoms with Crippen molar-refractivity contribution in [3.8, 4) is 0 Å². The quantitative estimate of drug-likeness (QED) is 0.689. The molecule has 1 rings (SSSR count). The van der Waals surface area contributed by atoms with E-state index < -0.39 is 12.1 Å². The summed E-state index contributed by atoms with van der Waals surface area (Å²) in [6, 6.07) is 9.28. The van der Waals surface area contributed by atoms with Gasteiger partial charge in [0.25, 0.3) is 0 Å². The maximum Gasteiger partial charge on any atom is 0.302 e. The zero-order chi connectivity index (χ0) is 10.4. The van der Waals surface area contributed by atoms with Gasteiger partial charge in [0.2, 0.25) is 0 Å². The van der Waals surface area contributed by atoms with Crippen LogP contribution < -0.4 is 0 Å². The van der Waals surface area contributed by atoms with E-state index in [1.165, 1.54) is 6.92 Å². The van der Waals surface area contributed by atoms with Gasteiger partial charge in [-0.05, 0) is 5.56 Å². The number of hydrogen-bond acceptors (Lipinski definition) is 2. The van der Waals surface area contributed by atoms with E-state index in [0.29, 0.717) is 0 Å². The molecule has 0 amide bonds. The number of halogens is 1. The molecule has 0 saturated heterocycles. The Morgan fingerprint density at radius 1 is 1.43 bits per heavy atom. The summed E-state index contributed by atoms with van der Waals surface area (Å²) in [4.78, 5) is 10.4. The van der Waals surface area contributed by atoms with E-state index in [0.717, 1.165) is 5.56 Å². The molecule has 2 nitrogen and oxygen atoms in total. The highest BCUT2D eigenvalue weighted by Crippen LogP contribution is 2.06. The van der Waals surface area contributed by atoms with Gasteiger partial charge in [-0.25, -0.2) is 4.39 Å². The molecule has 1 aromatic rings. The van der Waals surface area contributed by atoms with Gasteiger partial charge in [-0.2, -0.15) is 0 Å². The molecular formula is C11H13FO2. The van der Waals surface area contributed by atoms with Crippen molar-refractivity contribution >= 4 is 5.97 Å². The second-order valence-corrected chi connectivity index (χ2v) is 3.09. The van der Waals surface area contributed by atoms with Crippen molar-refractivity contribution in [1.82, 2.24) is 0 Å². The summed E-state index contributed by atoms with van der Waals surface area (Å²) in [5, 5.41) is 0. The average Bonchev–Trinajstić information content (AvgIpc) is 2.16. The van der Waals surface area contributed by atoms with Gasteiger partial charge >= 0.3 is 5.97 Å². The Kier molecular flexibility index (Phi) is 4.11. The van der Waals surface area contributed by atoms with Gasteiger partial charge in [-0.1, -0.05) is 30.3 Å². The van der Waals surface area contributed by atoms with Crippen molar-refractivity contribution in [2.45, 2.75) is 19.5 Å². The Balaban J connectivity index is 2.34. The molecule has 3 heteroatoms. The minimum atomic E-state index is -1.12. The van der Waals surface area contributed by atoms with Crippen LogP contribution in [0.1, 0.15) is 12.5 Å². The van der Waals surface area contributed by atoms with Crippen LogP contribution in [0.15, 0.2) is 30.3 Å². The van der Waals surface area contributed by atoms with E-state index in [2.05, 4.69) is 4.74 Å². The number of rotatable bonds is 4. The highest BCUT2D eigenvalue weighted by atomic mass is 19.1. The van der Waals surface area contributed by atoms with Gasteiger partial charge in [0.05, 0.1) is 0 Å². The third-order valence-electron chi connectivity index (χ3n) is 1.77. The zero-order valence-electron chi connectivity index (χ0n) is 8.07.